The molecule has 1 aromatic carbocycles. The Balaban J connectivity index is 1.22. The van der Waals surface area contributed by atoms with Gasteiger partial charge >= 0.3 is 5.97 Å². The molecule has 0 unspecified atom stereocenters. The number of aromatic amines is 1. The van der Waals surface area contributed by atoms with Gasteiger partial charge in [0.2, 0.25) is 0 Å². The van der Waals surface area contributed by atoms with E-state index >= 15 is 0 Å². The van der Waals surface area contributed by atoms with Crippen LogP contribution in [0.3, 0.4) is 0 Å². The maximum atomic E-state index is 12.5. The van der Waals surface area contributed by atoms with E-state index in [2.05, 4.69) is 9.97 Å². The highest BCUT2D eigenvalue weighted by molar-refractivity contribution is 7.18. The second-order valence-corrected chi connectivity index (χ2v) is 8.86. The van der Waals surface area contributed by atoms with Crippen molar-refractivity contribution in [2.24, 2.45) is 0 Å². The number of ether oxygens (including phenoxy) is 1. The van der Waals surface area contributed by atoms with E-state index in [-0.39, 0.29) is 31.0 Å². The van der Waals surface area contributed by atoms with Crippen LogP contribution in [0.25, 0.3) is 10.2 Å². The zero-order chi connectivity index (χ0) is 21.7. The van der Waals surface area contributed by atoms with E-state index in [1.807, 2.05) is 6.92 Å². The monoisotopic (exact) mass is 437 g/mol. The van der Waals surface area contributed by atoms with Gasteiger partial charge in [0.1, 0.15) is 17.3 Å². The Bertz CT molecular complexity index is 1320. The number of aryl methyl sites for hydroxylation is 3. The first-order chi connectivity index (χ1) is 14.9. The number of nitrogens with one attached hydrogen (secondary N) is 1. The smallest absolute Gasteiger partial charge is 0.308 e. The number of aromatic nitrogens is 2. The second kappa shape index (κ2) is 7.42. The lowest BCUT2D eigenvalue weighted by molar-refractivity contribution is -0.145. The molecule has 5 rings (SSSR count). The third kappa shape index (κ3) is 3.34. The van der Waals surface area contributed by atoms with Crippen molar-refractivity contribution in [1.82, 2.24) is 14.9 Å². The highest BCUT2D eigenvalue weighted by atomic mass is 32.1. The number of nitrogens with zero attached hydrogens (tertiary/aromatic N) is 2. The van der Waals surface area contributed by atoms with E-state index in [4.69, 9.17) is 4.74 Å². The standard InChI is InChI=1S/C22H19N3O5S/c1-11-5-6-12-14(9-11)22(29)25(21(12)28)8-7-17(26)30-10-16-23-19(27)18-13-3-2-4-15(13)31-20(18)24-16/h5-6,9H,2-4,7-8,10H2,1H3,(H,23,24,27). The number of benzene rings is 1. The predicted molar refractivity (Wildman–Crippen MR) is 113 cm³/mol. The third-order valence-electron chi connectivity index (χ3n) is 5.66. The summed E-state index contributed by atoms with van der Waals surface area (Å²) in [5.41, 5.74) is 2.47. The molecule has 0 spiro atoms. The van der Waals surface area contributed by atoms with Gasteiger partial charge in [-0.15, -0.1) is 11.3 Å². The molecule has 2 amide bonds. The molecule has 158 valence electrons. The van der Waals surface area contributed by atoms with Gasteiger partial charge in [-0.3, -0.25) is 24.1 Å². The van der Waals surface area contributed by atoms with Crippen molar-refractivity contribution in [1.29, 1.82) is 0 Å². The quantitative estimate of drug-likeness (QED) is 0.485. The Kier molecular flexibility index (Phi) is 4.70. The van der Waals surface area contributed by atoms with E-state index < -0.39 is 17.8 Å². The van der Waals surface area contributed by atoms with E-state index in [1.165, 1.54) is 16.2 Å². The van der Waals surface area contributed by atoms with Gasteiger partial charge in [0.15, 0.2) is 0 Å². The van der Waals surface area contributed by atoms with Gasteiger partial charge < -0.3 is 9.72 Å². The van der Waals surface area contributed by atoms with Gasteiger partial charge in [-0.1, -0.05) is 11.6 Å². The number of carbonyl (C=O) groups is 3. The van der Waals surface area contributed by atoms with Crippen LogP contribution < -0.4 is 5.56 Å². The number of hydrogen-bond acceptors (Lipinski definition) is 7. The van der Waals surface area contributed by atoms with Crippen LogP contribution in [0.15, 0.2) is 23.0 Å². The zero-order valence-electron chi connectivity index (χ0n) is 16.8. The molecule has 31 heavy (non-hydrogen) atoms. The largest absolute Gasteiger partial charge is 0.457 e. The molecule has 2 aliphatic rings. The number of H-pyrrole nitrogens is 1. The van der Waals surface area contributed by atoms with Crippen LogP contribution in [0, 0.1) is 6.92 Å². The number of hydrogen-bond donors (Lipinski definition) is 1. The van der Waals surface area contributed by atoms with Gasteiger partial charge in [0.05, 0.1) is 22.9 Å². The summed E-state index contributed by atoms with van der Waals surface area (Å²) in [6.45, 7) is 1.61. The molecule has 8 nitrogen and oxygen atoms in total. The number of fused-ring (bicyclic) bond motifs is 4. The molecule has 1 aliphatic carbocycles. The Labute approximate surface area is 180 Å². The predicted octanol–water partition coefficient (Wildman–Crippen LogP) is 2.51. The first kappa shape index (κ1) is 19.6. The number of carbonyl (C=O) groups excluding carboxylic acids is 3. The van der Waals surface area contributed by atoms with E-state index in [0.717, 1.165) is 35.3 Å². The Hall–Kier alpha value is -3.33. The molecule has 3 heterocycles. The van der Waals surface area contributed by atoms with Crippen LogP contribution in [0.5, 0.6) is 0 Å². The minimum absolute atomic E-state index is 0.0646. The molecule has 1 N–H and O–H groups in total. The summed E-state index contributed by atoms with van der Waals surface area (Å²) in [7, 11) is 0. The fourth-order valence-corrected chi connectivity index (χ4v) is 5.43. The lowest BCUT2D eigenvalue weighted by atomic mass is 10.1. The molecule has 1 aliphatic heterocycles. The maximum absolute atomic E-state index is 12.5. The topological polar surface area (TPSA) is 109 Å². The molecule has 0 bridgehead atoms. The van der Waals surface area contributed by atoms with Crippen molar-refractivity contribution in [3.8, 4) is 0 Å². The summed E-state index contributed by atoms with van der Waals surface area (Å²) in [5, 5.41) is 0.647. The van der Waals surface area contributed by atoms with Crippen molar-refractivity contribution >= 4 is 39.3 Å². The fraction of sp³-hybridized carbons (Fsp3) is 0.318. The van der Waals surface area contributed by atoms with Gasteiger partial charge in [0, 0.05) is 11.4 Å². The fourth-order valence-electron chi connectivity index (χ4n) is 4.15. The summed E-state index contributed by atoms with van der Waals surface area (Å²) < 4.78 is 5.22. The summed E-state index contributed by atoms with van der Waals surface area (Å²) in [5.74, 6) is -1.11. The van der Waals surface area contributed by atoms with Crippen molar-refractivity contribution in [3.63, 3.8) is 0 Å². The van der Waals surface area contributed by atoms with Gasteiger partial charge in [0.25, 0.3) is 17.4 Å². The highest BCUT2D eigenvalue weighted by Gasteiger charge is 2.35. The van der Waals surface area contributed by atoms with Crippen molar-refractivity contribution in [2.45, 2.75) is 39.2 Å². The Morgan fingerprint density at radius 3 is 2.84 bits per heavy atom. The Morgan fingerprint density at radius 2 is 2.00 bits per heavy atom. The van der Waals surface area contributed by atoms with Gasteiger partial charge in [-0.2, -0.15) is 0 Å². The van der Waals surface area contributed by atoms with Crippen LogP contribution in [-0.2, 0) is 29.0 Å². The molecule has 0 saturated heterocycles. The molecular formula is C22H19N3O5S. The summed E-state index contributed by atoms with van der Waals surface area (Å²) in [6.07, 6.45) is 2.79. The van der Waals surface area contributed by atoms with Crippen molar-refractivity contribution in [2.75, 3.05) is 6.54 Å². The molecular weight excluding hydrogens is 418 g/mol. The van der Waals surface area contributed by atoms with Crippen molar-refractivity contribution < 1.29 is 19.1 Å². The maximum Gasteiger partial charge on any atom is 0.308 e. The molecule has 2 aromatic heterocycles. The number of thiophene rings is 1. The molecule has 0 radical (unpaired) electrons. The molecule has 0 fully saturated rings. The van der Waals surface area contributed by atoms with Crippen molar-refractivity contribution in [3.05, 3.63) is 61.5 Å². The van der Waals surface area contributed by atoms with Crippen LogP contribution in [0.1, 0.15) is 55.4 Å². The van der Waals surface area contributed by atoms with Crippen LogP contribution in [0.2, 0.25) is 0 Å². The molecule has 9 heteroatoms. The van der Waals surface area contributed by atoms with Crippen LogP contribution >= 0.6 is 11.3 Å². The summed E-state index contributed by atoms with van der Waals surface area (Å²) >= 11 is 1.52. The normalized spacial score (nSPS) is 14.9. The number of rotatable bonds is 5. The van der Waals surface area contributed by atoms with Gasteiger partial charge in [-0.05, 0) is 43.9 Å². The minimum Gasteiger partial charge on any atom is -0.457 e. The van der Waals surface area contributed by atoms with Crippen LogP contribution in [0.4, 0.5) is 0 Å². The first-order valence-corrected chi connectivity index (χ1v) is 10.9. The average molecular weight is 437 g/mol. The number of esters is 1. The second-order valence-electron chi connectivity index (χ2n) is 7.77. The first-order valence-electron chi connectivity index (χ1n) is 10.1. The van der Waals surface area contributed by atoms with E-state index in [9.17, 15) is 19.2 Å². The van der Waals surface area contributed by atoms with Gasteiger partial charge in [-0.25, -0.2) is 4.98 Å². The summed E-state index contributed by atoms with van der Waals surface area (Å²) in [4.78, 5) is 59.6. The van der Waals surface area contributed by atoms with E-state index in [0.29, 0.717) is 21.3 Å². The Morgan fingerprint density at radius 1 is 1.19 bits per heavy atom. The number of amides is 2. The van der Waals surface area contributed by atoms with Crippen LogP contribution in [-0.4, -0.2) is 39.2 Å². The third-order valence-corrected chi connectivity index (χ3v) is 6.85. The van der Waals surface area contributed by atoms with E-state index in [1.54, 1.807) is 18.2 Å². The summed E-state index contributed by atoms with van der Waals surface area (Å²) in [6, 6.07) is 5.07. The lowest BCUT2D eigenvalue weighted by Crippen LogP contribution is -2.32. The number of imide groups is 1. The lowest BCUT2D eigenvalue weighted by Gasteiger charge is -2.13. The SMILES string of the molecule is Cc1ccc2c(c1)C(=O)N(CCC(=O)OCc1nc3sc4c(c3c(=O)[nH]1)CCC4)C2=O. The zero-order valence-corrected chi connectivity index (χ0v) is 17.6. The molecule has 3 aromatic rings. The average Bonchev–Trinajstić information content (AvgIpc) is 3.38. The minimum atomic E-state index is -0.579. The molecule has 0 saturated carbocycles. The molecule has 0 atom stereocenters. The highest BCUT2D eigenvalue weighted by Crippen LogP contribution is 2.34.